The molecule has 0 spiro atoms. The highest BCUT2D eigenvalue weighted by Crippen LogP contribution is 2.30. The lowest BCUT2D eigenvalue weighted by Gasteiger charge is -2.46. The third kappa shape index (κ3) is 23.0. The van der Waals surface area contributed by atoms with Crippen LogP contribution >= 0.6 is 0 Å². The van der Waals surface area contributed by atoms with Crippen molar-refractivity contribution >= 4 is 5.91 Å². The zero-order valence-corrected chi connectivity index (χ0v) is 37.9. The second kappa shape index (κ2) is 35.0. The first kappa shape index (κ1) is 55.9. The number of amides is 1. The van der Waals surface area contributed by atoms with Crippen LogP contribution in [0.5, 0.6) is 0 Å². The monoisotopic (exact) mass is 876 g/mol. The Morgan fingerprint density at radius 2 is 1.02 bits per heavy atom. The number of carbonyl (C=O) groups is 1. The second-order valence-corrected chi connectivity index (χ2v) is 17.6. The fourth-order valence-electron chi connectivity index (χ4n) is 8.17. The van der Waals surface area contributed by atoms with E-state index in [-0.39, 0.29) is 18.9 Å². The van der Waals surface area contributed by atoms with Crippen molar-refractivity contribution in [2.75, 3.05) is 19.8 Å². The Morgan fingerprint density at radius 1 is 0.574 bits per heavy atom. The van der Waals surface area contributed by atoms with Gasteiger partial charge in [0.2, 0.25) is 5.91 Å². The zero-order valence-electron chi connectivity index (χ0n) is 37.9. The number of hydrogen-bond donors (Lipinski definition) is 9. The standard InChI is InChI=1S/C47H89NO13/c1-3-5-7-9-10-11-12-13-14-15-16-17-18-19-20-21-22-23-24-25-27-28-30-36(51)35(48-39(52)31-29-26-8-6-4-2)34-58-46-44(57)42(55)45(38(33-50)60-46)61-47-43(56)41(54)40(53)37(32-49)59-47/h28,30,35-38,40-47,49-51,53-57H,3-27,29,31-34H2,1-2H3,(H,48,52)/b30-28+. The molecule has 12 unspecified atom stereocenters. The Balaban J connectivity index is 1.74. The molecule has 2 heterocycles. The number of aliphatic hydroxyl groups excluding tert-OH is 8. The molecule has 2 aliphatic rings. The summed E-state index contributed by atoms with van der Waals surface area (Å²) in [5.74, 6) is -0.252. The van der Waals surface area contributed by atoms with Crippen molar-refractivity contribution in [3.63, 3.8) is 0 Å². The summed E-state index contributed by atoms with van der Waals surface area (Å²) in [6.45, 7) is 2.68. The van der Waals surface area contributed by atoms with Crippen molar-refractivity contribution in [2.45, 2.75) is 261 Å². The number of aliphatic hydroxyl groups is 8. The highest BCUT2D eigenvalue weighted by molar-refractivity contribution is 5.76. The van der Waals surface area contributed by atoms with E-state index in [1.807, 2.05) is 6.08 Å². The van der Waals surface area contributed by atoms with E-state index in [4.69, 9.17) is 18.9 Å². The first-order chi connectivity index (χ1) is 29.6. The van der Waals surface area contributed by atoms with Crippen LogP contribution in [0, 0.1) is 0 Å². The summed E-state index contributed by atoms with van der Waals surface area (Å²) in [5.41, 5.74) is 0. The molecule has 2 aliphatic heterocycles. The normalized spacial score (nSPS) is 28.0. The van der Waals surface area contributed by atoms with Crippen LogP contribution in [-0.4, -0.2) is 140 Å². The minimum absolute atomic E-state index is 0.252. The van der Waals surface area contributed by atoms with E-state index in [9.17, 15) is 45.6 Å². The zero-order chi connectivity index (χ0) is 44.7. The van der Waals surface area contributed by atoms with Crippen LogP contribution in [0.3, 0.4) is 0 Å². The van der Waals surface area contributed by atoms with Crippen LogP contribution in [0.25, 0.3) is 0 Å². The van der Waals surface area contributed by atoms with E-state index >= 15 is 0 Å². The van der Waals surface area contributed by atoms with Crippen molar-refractivity contribution in [3.05, 3.63) is 12.2 Å². The molecule has 0 aliphatic carbocycles. The lowest BCUT2D eigenvalue weighted by atomic mass is 9.97. The molecule has 14 heteroatoms. The average molecular weight is 876 g/mol. The predicted octanol–water partition coefficient (Wildman–Crippen LogP) is 5.60. The SMILES string of the molecule is CCCCCCCCCCCCCCCCCCCCCC/C=C/C(O)C(COC1OC(CO)C(OC2OC(CO)C(O)C(O)C2O)C(O)C1O)NC(=O)CCCCCCC. The average Bonchev–Trinajstić information content (AvgIpc) is 3.26. The van der Waals surface area contributed by atoms with Gasteiger partial charge >= 0.3 is 0 Å². The lowest BCUT2D eigenvalue weighted by molar-refractivity contribution is -0.359. The fourth-order valence-corrected chi connectivity index (χ4v) is 8.17. The molecule has 0 radical (unpaired) electrons. The summed E-state index contributed by atoms with van der Waals surface area (Å²) in [6.07, 6.45) is 18.9. The number of hydrogen-bond acceptors (Lipinski definition) is 13. The fraction of sp³-hybridized carbons (Fsp3) is 0.936. The van der Waals surface area contributed by atoms with Gasteiger partial charge in [0.05, 0.1) is 32.0 Å². The Labute approximate surface area is 367 Å². The van der Waals surface area contributed by atoms with Crippen molar-refractivity contribution < 1.29 is 64.6 Å². The highest BCUT2D eigenvalue weighted by atomic mass is 16.7. The Morgan fingerprint density at radius 3 is 1.51 bits per heavy atom. The number of unbranched alkanes of at least 4 members (excludes halogenated alkanes) is 24. The van der Waals surface area contributed by atoms with Crippen LogP contribution < -0.4 is 5.32 Å². The Bertz CT molecular complexity index is 1080. The summed E-state index contributed by atoms with van der Waals surface area (Å²) >= 11 is 0. The second-order valence-electron chi connectivity index (χ2n) is 17.6. The molecule has 360 valence electrons. The molecule has 2 rings (SSSR count). The summed E-state index contributed by atoms with van der Waals surface area (Å²) in [4.78, 5) is 12.9. The van der Waals surface area contributed by atoms with Gasteiger partial charge in [-0.25, -0.2) is 0 Å². The van der Waals surface area contributed by atoms with Gasteiger partial charge in [-0.15, -0.1) is 0 Å². The molecule has 12 atom stereocenters. The quantitative estimate of drug-likeness (QED) is 0.0274. The van der Waals surface area contributed by atoms with E-state index in [1.54, 1.807) is 6.08 Å². The van der Waals surface area contributed by atoms with Gasteiger partial charge in [-0.05, 0) is 19.3 Å². The minimum Gasteiger partial charge on any atom is -0.394 e. The topological polar surface area (TPSA) is 228 Å². The van der Waals surface area contributed by atoms with E-state index < -0.39 is 86.8 Å². The molecule has 0 aromatic rings. The van der Waals surface area contributed by atoms with Crippen LogP contribution in [0.15, 0.2) is 12.2 Å². The summed E-state index contributed by atoms with van der Waals surface area (Å²) < 4.78 is 22.6. The number of nitrogens with one attached hydrogen (secondary N) is 1. The predicted molar refractivity (Wildman–Crippen MR) is 235 cm³/mol. The van der Waals surface area contributed by atoms with Gasteiger partial charge < -0.3 is 65.1 Å². The molecule has 9 N–H and O–H groups in total. The molecule has 2 saturated heterocycles. The van der Waals surface area contributed by atoms with Crippen molar-refractivity contribution in [1.82, 2.24) is 5.32 Å². The van der Waals surface area contributed by atoms with E-state index in [2.05, 4.69) is 19.2 Å². The third-order valence-corrected chi connectivity index (χ3v) is 12.2. The van der Waals surface area contributed by atoms with E-state index in [0.29, 0.717) is 6.42 Å². The van der Waals surface area contributed by atoms with Gasteiger partial charge in [0.25, 0.3) is 0 Å². The maximum Gasteiger partial charge on any atom is 0.220 e. The van der Waals surface area contributed by atoms with Gasteiger partial charge in [-0.3, -0.25) is 4.79 Å². The van der Waals surface area contributed by atoms with Gasteiger partial charge in [-0.2, -0.15) is 0 Å². The van der Waals surface area contributed by atoms with Crippen LogP contribution in [0.4, 0.5) is 0 Å². The lowest BCUT2D eigenvalue weighted by Crippen LogP contribution is -2.65. The molecular weight excluding hydrogens is 787 g/mol. The molecule has 0 aromatic carbocycles. The number of ether oxygens (including phenoxy) is 4. The molecule has 61 heavy (non-hydrogen) atoms. The van der Waals surface area contributed by atoms with E-state index in [1.165, 1.54) is 116 Å². The molecule has 0 bridgehead atoms. The maximum atomic E-state index is 12.9. The highest BCUT2D eigenvalue weighted by Gasteiger charge is 2.51. The first-order valence-corrected chi connectivity index (χ1v) is 24.4. The van der Waals surface area contributed by atoms with Crippen LogP contribution in [-0.2, 0) is 23.7 Å². The molecule has 2 fully saturated rings. The molecular formula is C47H89NO13. The van der Waals surface area contributed by atoms with Gasteiger partial charge in [0, 0.05) is 6.42 Å². The summed E-state index contributed by atoms with van der Waals surface area (Å²) in [5, 5.41) is 86.2. The molecule has 0 saturated carbocycles. The van der Waals surface area contributed by atoms with Crippen LogP contribution in [0.2, 0.25) is 0 Å². The maximum absolute atomic E-state index is 12.9. The van der Waals surface area contributed by atoms with E-state index in [0.717, 1.165) is 44.9 Å². The molecule has 14 nitrogen and oxygen atoms in total. The summed E-state index contributed by atoms with van der Waals surface area (Å²) in [6, 6.07) is -0.905. The Hall–Kier alpha value is -1.27. The number of carbonyl (C=O) groups excluding carboxylic acids is 1. The van der Waals surface area contributed by atoms with Crippen LogP contribution in [0.1, 0.15) is 187 Å². The third-order valence-electron chi connectivity index (χ3n) is 12.2. The minimum atomic E-state index is -1.78. The number of rotatable bonds is 37. The Kier molecular flexibility index (Phi) is 32.1. The van der Waals surface area contributed by atoms with Gasteiger partial charge in [0.15, 0.2) is 12.6 Å². The molecule has 0 aromatic heterocycles. The van der Waals surface area contributed by atoms with Crippen molar-refractivity contribution in [2.24, 2.45) is 0 Å². The smallest absolute Gasteiger partial charge is 0.220 e. The van der Waals surface area contributed by atoms with Gasteiger partial charge in [-0.1, -0.05) is 174 Å². The van der Waals surface area contributed by atoms with Crippen molar-refractivity contribution in [3.8, 4) is 0 Å². The van der Waals surface area contributed by atoms with Crippen molar-refractivity contribution in [1.29, 1.82) is 0 Å². The number of allylic oxidation sites excluding steroid dienone is 1. The first-order valence-electron chi connectivity index (χ1n) is 24.4. The largest absolute Gasteiger partial charge is 0.394 e. The molecule has 1 amide bonds. The van der Waals surface area contributed by atoms with Gasteiger partial charge in [0.1, 0.15) is 48.8 Å². The summed E-state index contributed by atoms with van der Waals surface area (Å²) in [7, 11) is 0.